The van der Waals surface area contributed by atoms with Gasteiger partial charge in [-0.1, -0.05) is 13.0 Å². The van der Waals surface area contributed by atoms with Gasteiger partial charge in [0, 0.05) is 31.1 Å². The number of carbonyl (C=O) groups is 2. The van der Waals surface area contributed by atoms with Gasteiger partial charge in [-0.15, -0.1) is 22.7 Å². The summed E-state index contributed by atoms with van der Waals surface area (Å²) in [4.78, 5) is 28.7. The van der Waals surface area contributed by atoms with Gasteiger partial charge in [-0.05, 0) is 49.2 Å². The molecule has 0 aromatic carbocycles. The van der Waals surface area contributed by atoms with Gasteiger partial charge in [-0.25, -0.2) is 8.42 Å². The fourth-order valence-electron chi connectivity index (χ4n) is 4.44. The summed E-state index contributed by atoms with van der Waals surface area (Å²) in [5.41, 5.74) is 7.03. The molecule has 32 heavy (non-hydrogen) atoms. The highest BCUT2D eigenvalue weighted by Crippen LogP contribution is 2.37. The molecule has 4 rings (SSSR count). The van der Waals surface area contributed by atoms with Crippen molar-refractivity contribution in [2.45, 2.75) is 43.4 Å². The van der Waals surface area contributed by atoms with E-state index in [4.69, 9.17) is 5.73 Å². The van der Waals surface area contributed by atoms with Crippen LogP contribution in [0.5, 0.6) is 0 Å². The van der Waals surface area contributed by atoms with Crippen molar-refractivity contribution in [1.29, 1.82) is 0 Å². The van der Waals surface area contributed by atoms with Gasteiger partial charge in [0.1, 0.15) is 9.21 Å². The molecule has 0 aliphatic carbocycles. The number of nitrogens with zero attached hydrogens (tertiary/aromatic N) is 2. The number of piperidine rings is 1. The van der Waals surface area contributed by atoms with E-state index in [2.05, 4.69) is 17.1 Å². The molecule has 2 aliphatic rings. The third kappa shape index (κ3) is 4.62. The van der Waals surface area contributed by atoms with Crippen LogP contribution in [-0.4, -0.2) is 55.6 Å². The highest BCUT2D eigenvalue weighted by Gasteiger charge is 2.35. The van der Waals surface area contributed by atoms with Crippen LogP contribution in [0.25, 0.3) is 0 Å². The molecule has 1 fully saturated rings. The number of nitrogens with two attached hydrogens (primary N) is 1. The molecule has 1 unspecified atom stereocenters. The van der Waals surface area contributed by atoms with Crippen molar-refractivity contribution in [3.05, 3.63) is 33.5 Å². The van der Waals surface area contributed by atoms with E-state index in [-0.39, 0.29) is 16.7 Å². The Balaban J connectivity index is 1.51. The van der Waals surface area contributed by atoms with E-state index >= 15 is 0 Å². The van der Waals surface area contributed by atoms with Crippen molar-refractivity contribution in [2.75, 3.05) is 31.5 Å². The molecule has 174 valence electrons. The normalized spacial score (nSPS) is 20.1. The average molecular weight is 497 g/mol. The predicted molar refractivity (Wildman–Crippen MR) is 127 cm³/mol. The molecule has 3 N–H and O–H groups in total. The van der Waals surface area contributed by atoms with E-state index in [0.29, 0.717) is 30.0 Å². The van der Waals surface area contributed by atoms with Crippen LogP contribution < -0.4 is 11.1 Å². The van der Waals surface area contributed by atoms with Crippen LogP contribution in [0.4, 0.5) is 5.00 Å². The Labute approximate surface area is 196 Å². The molecule has 0 spiro atoms. The maximum Gasteiger partial charge on any atom is 0.252 e. The molecular weight excluding hydrogens is 468 g/mol. The second-order valence-electron chi connectivity index (χ2n) is 8.22. The molecule has 0 bridgehead atoms. The van der Waals surface area contributed by atoms with Crippen LogP contribution >= 0.6 is 22.7 Å². The minimum Gasteiger partial charge on any atom is -0.365 e. The van der Waals surface area contributed by atoms with Crippen molar-refractivity contribution >= 4 is 49.5 Å². The summed E-state index contributed by atoms with van der Waals surface area (Å²) in [7, 11) is -3.60. The number of primary amides is 1. The topological polar surface area (TPSA) is 113 Å². The highest BCUT2D eigenvalue weighted by atomic mass is 32.2. The van der Waals surface area contributed by atoms with Crippen LogP contribution in [0.15, 0.2) is 21.7 Å². The largest absolute Gasteiger partial charge is 0.365 e. The Morgan fingerprint density at radius 1 is 1.31 bits per heavy atom. The molecule has 11 heteroatoms. The van der Waals surface area contributed by atoms with Gasteiger partial charge >= 0.3 is 0 Å². The van der Waals surface area contributed by atoms with E-state index in [1.54, 1.807) is 17.5 Å². The Morgan fingerprint density at radius 2 is 2.12 bits per heavy atom. The molecule has 8 nitrogen and oxygen atoms in total. The zero-order chi connectivity index (χ0) is 22.9. The molecule has 2 aliphatic heterocycles. The van der Waals surface area contributed by atoms with Crippen molar-refractivity contribution in [1.82, 2.24) is 9.21 Å². The lowest BCUT2D eigenvalue weighted by molar-refractivity contribution is -0.120. The third-order valence-corrected chi connectivity index (χ3v) is 10.4. The van der Waals surface area contributed by atoms with Crippen LogP contribution in [0.2, 0.25) is 0 Å². The number of amides is 2. The monoisotopic (exact) mass is 496 g/mol. The van der Waals surface area contributed by atoms with Crippen molar-refractivity contribution in [2.24, 2.45) is 11.7 Å². The van der Waals surface area contributed by atoms with Crippen LogP contribution in [0, 0.1) is 5.92 Å². The third-order valence-electron chi connectivity index (χ3n) is 6.00. The van der Waals surface area contributed by atoms with Gasteiger partial charge in [-0.3, -0.25) is 14.5 Å². The SMILES string of the molecule is CCCN1CCc2c(sc(NC(=O)C3CCCN(S(=O)(=O)c4cccs4)C3)c2C(N)=O)C1. The first-order valence-electron chi connectivity index (χ1n) is 10.8. The summed E-state index contributed by atoms with van der Waals surface area (Å²) in [6.45, 7) is 5.27. The number of carbonyl (C=O) groups excluding carboxylic acids is 2. The first-order chi connectivity index (χ1) is 15.3. The summed E-state index contributed by atoms with van der Waals surface area (Å²) >= 11 is 2.59. The number of hydrogen-bond donors (Lipinski definition) is 2. The molecule has 1 atom stereocenters. The van der Waals surface area contributed by atoms with Crippen LogP contribution in [0.1, 0.15) is 47.0 Å². The number of rotatable bonds is 7. The Kier molecular flexibility index (Phi) is 7.01. The van der Waals surface area contributed by atoms with Gasteiger partial charge in [0.05, 0.1) is 11.5 Å². The first kappa shape index (κ1) is 23.4. The van der Waals surface area contributed by atoms with E-state index in [1.807, 2.05) is 0 Å². The number of fused-ring (bicyclic) bond motifs is 1. The minimum absolute atomic E-state index is 0.132. The van der Waals surface area contributed by atoms with Gasteiger partial charge in [0.2, 0.25) is 5.91 Å². The molecule has 2 aromatic rings. The molecular formula is C21H28N4O4S3. The second kappa shape index (κ2) is 9.60. The van der Waals surface area contributed by atoms with Gasteiger partial charge in [0.25, 0.3) is 15.9 Å². The summed E-state index contributed by atoms with van der Waals surface area (Å²) in [5.74, 6) is -1.27. The van der Waals surface area contributed by atoms with Crippen LogP contribution in [0.3, 0.4) is 0 Å². The van der Waals surface area contributed by atoms with E-state index in [0.717, 1.165) is 42.9 Å². The molecule has 2 amide bonds. The maximum atomic E-state index is 13.1. The lowest BCUT2D eigenvalue weighted by Crippen LogP contribution is -2.43. The quantitative estimate of drug-likeness (QED) is 0.612. The van der Waals surface area contributed by atoms with E-state index in [9.17, 15) is 18.0 Å². The van der Waals surface area contributed by atoms with Gasteiger partial charge in [0.15, 0.2) is 0 Å². The van der Waals surface area contributed by atoms with Crippen molar-refractivity contribution < 1.29 is 18.0 Å². The minimum atomic E-state index is -3.60. The Bertz CT molecular complexity index is 1090. The lowest BCUT2D eigenvalue weighted by Gasteiger charge is -2.30. The summed E-state index contributed by atoms with van der Waals surface area (Å²) in [6, 6.07) is 3.29. The molecule has 0 saturated carbocycles. The maximum absolute atomic E-state index is 13.1. The number of sulfonamides is 1. The number of hydrogen-bond acceptors (Lipinski definition) is 7. The number of nitrogens with one attached hydrogen (secondary N) is 1. The molecule has 1 saturated heterocycles. The van der Waals surface area contributed by atoms with Gasteiger partial charge in [-0.2, -0.15) is 4.31 Å². The van der Waals surface area contributed by atoms with Gasteiger partial charge < -0.3 is 11.1 Å². The predicted octanol–water partition coefficient (Wildman–Crippen LogP) is 2.72. The summed E-state index contributed by atoms with van der Waals surface area (Å²) in [6.07, 6.45) is 3.00. The zero-order valence-corrected chi connectivity index (χ0v) is 20.5. The number of anilines is 1. The van der Waals surface area contributed by atoms with Crippen LogP contribution in [-0.2, 0) is 27.8 Å². The van der Waals surface area contributed by atoms with Crippen molar-refractivity contribution in [3.8, 4) is 0 Å². The highest BCUT2D eigenvalue weighted by molar-refractivity contribution is 7.91. The Morgan fingerprint density at radius 3 is 2.81 bits per heavy atom. The fraction of sp³-hybridized carbons (Fsp3) is 0.524. The second-order valence-corrected chi connectivity index (χ2v) is 12.4. The van der Waals surface area contributed by atoms with E-state index < -0.39 is 21.8 Å². The number of thiophene rings is 2. The Hall–Kier alpha value is -1.79. The van der Waals surface area contributed by atoms with E-state index in [1.165, 1.54) is 27.0 Å². The zero-order valence-electron chi connectivity index (χ0n) is 18.0. The lowest BCUT2D eigenvalue weighted by atomic mass is 9.98. The van der Waals surface area contributed by atoms with Crippen molar-refractivity contribution in [3.63, 3.8) is 0 Å². The molecule has 0 radical (unpaired) electrons. The average Bonchev–Trinajstić information content (AvgIpc) is 3.42. The first-order valence-corrected chi connectivity index (χ1v) is 14.0. The molecule has 4 heterocycles. The smallest absolute Gasteiger partial charge is 0.252 e. The summed E-state index contributed by atoms with van der Waals surface area (Å²) in [5, 5.41) is 5.13. The molecule has 2 aromatic heterocycles. The standard InChI is InChI=1S/C21H28N4O4S3/c1-2-8-24-10-7-15-16(13-24)31-21(18(15)19(22)26)23-20(27)14-5-3-9-25(12-14)32(28,29)17-6-4-11-30-17/h4,6,11,14H,2-3,5,7-10,12-13H2,1H3,(H2,22,26)(H,23,27). The fourth-order valence-corrected chi connectivity index (χ4v) is 8.41. The summed E-state index contributed by atoms with van der Waals surface area (Å²) < 4.78 is 27.4.